The summed E-state index contributed by atoms with van der Waals surface area (Å²) in [5.41, 5.74) is 5.06. The predicted octanol–water partition coefficient (Wildman–Crippen LogP) is 3.58. The number of hydrogen-bond acceptors (Lipinski definition) is 4. The van der Waals surface area contributed by atoms with E-state index < -0.39 is 0 Å². The summed E-state index contributed by atoms with van der Waals surface area (Å²) in [4.78, 5) is 31.6. The Labute approximate surface area is 175 Å². The van der Waals surface area contributed by atoms with Gasteiger partial charge in [0.25, 0.3) is 5.91 Å². The van der Waals surface area contributed by atoms with Crippen molar-refractivity contribution in [3.05, 3.63) is 65.6 Å². The van der Waals surface area contributed by atoms with Gasteiger partial charge in [0.1, 0.15) is 5.69 Å². The predicted molar refractivity (Wildman–Crippen MR) is 115 cm³/mol. The third-order valence-electron chi connectivity index (χ3n) is 5.62. The van der Waals surface area contributed by atoms with E-state index in [-0.39, 0.29) is 17.7 Å². The van der Waals surface area contributed by atoms with Crippen molar-refractivity contribution < 1.29 is 9.59 Å². The Morgan fingerprint density at radius 1 is 1.17 bits per heavy atom. The number of likely N-dealkylation sites (tertiary alicyclic amines) is 1. The normalized spacial score (nSPS) is 16.3. The quantitative estimate of drug-likeness (QED) is 0.697. The number of carbonyl (C=O) groups is 2. The summed E-state index contributed by atoms with van der Waals surface area (Å²) in [6.07, 6.45) is 4.96. The number of carbonyl (C=O) groups excluding carboxylic acids is 2. The van der Waals surface area contributed by atoms with E-state index in [1.165, 1.54) is 5.56 Å². The zero-order chi connectivity index (χ0) is 21.1. The van der Waals surface area contributed by atoms with Crippen molar-refractivity contribution >= 4 is 17.5 Å². The number of H-pyrrole nitrogens is 1. The lowest BCUT2D eigenvalue weighted by Gasteiger charge is -2.31. The van der Waals surface area contributed by atoms with Gasteiger partial charge in [-0.05, 0) is 68.1 Å². The Balaban J connectivity index is 1.42. The Morgan fingerprint density at radius 2 is 2.03 bits per heavy atom. The van der Waals surface area contributed by atoms with Gasteiger partial charge >= 0.3 is 0 Å². The van der Waals surface area contributed by atoms with Crippen molar-refractivity contribution in [1.82, 2.24) is 20.1 Å². The number of nitrogens with one attached hydrogen (secondary N) is 2. The SMILES string of the molecule is Cc1ccc(NC(=O)[C@@H]2CCCN(C(=O)c3cc(-c4cccnc4)n[nH]3)C2)cc1C. The smallest absolute Gasteiger partial charge is 0.271 e. The van der Waals surface area contributed by atoms with Gasteiger partial charge in [0.05, 0.1) is 11.6 Å². The molecule has 30 heavy (non-hydrogen) atoms. The molecular formula is C23H25N5O2. The van der Waals surface area contributed by atoms with E-state index in [9.17, 15) is 9.59 Å². The molecule has 0 unspecified atom stereocenters. The highest BCUT2D eigenvalue weighted by Crippen LogP contribution is 2.23. The van der Waals surface area contributed by atoms with Crippen molar-refractivity contribution in [2.75, 3.05) is 18.4 Å². The molecular weight excluding hydrogens is 378 g/mol. The van der Waals surface area contributed by atoms with Crippen LogP contribution < -0.4 is 5.32 Å². The molecule has 0 spiro atoms. The van der Waals surface area contributed by atoms with Crippen molar-refractivity contribution in [2.24, 2.45) is 5.92 Å². The lowest BCUT2D eigenvalue weighted by atomic mass is 9.96. The fourth-order valence-corrected chi connectivity index (χ4v) is 3.70. The van der Waals surface area contributed by atoms with E-state index in [0.717, 1.165) is 29.7 Å². The first-order valence-corrected chi connectivity index (χ1v) is 10.1. The van der Waals surface area contributed by atoms with Crippen molar-refractivity contribution in [3.63, 3.8) is 0 Å². The topological polar surface area (TPSA) is 91.0 Å². The number of aryl methyl sites for hydroxylation is 2. The molecule has 1 aliphatic rings. The molecule has 0 aliphatic carbocycles. The monoisotopic (exact) mass is 403 g/mol. The number of aromatic amines is 1. The second-order valence-electron chi connectivity index (χ2n) is 7.79. The zero-order valence-electron chi connectivity index (χ0n) is 17.2. The second-order valence-corrected chi connectivity index (χ2v) is 7.79. The summed E-state index contributed by atoms with van der Waals surface area (Å²) in [7, 11) is 0. The summed E-state index contributed by atoms with van der Waals surface area (Å²) in [6, 6.07) is 11.3. The van der Waals surface area contributed by atoms with Crippen LogP contribution in [-0.4, -0.2) is 45.0 Å². The Morgan fingerprint density at radius 3 is 2.80 bits per heavy atom. The van der Waals surface area contributed by atoms with Gasteiger partial charge in [-0.1, -0.05) is 6.07 Å². The molecule has 2 amide bonds. The van der Waals surface area contributed by atoms with E-state index in [2.05, 4.69) is 20.5 Å². The number of piperidine rings is 1. The minimum absolute atomic E-state index is 0.0450. The number of pyridine rings is 1. The fourth-order valence-electron chi connectivity index (χ4n) is 3.70. The molecule has 2 N–H and O–H groups in total. The van der Waals surface area contributed by atoms with Gasteiger partial charge in [0.15, 0.2) is 0 Å². The van der Waals surface area contributed by atoms with Crippen LogP contribution in [0, 0.1) is 19.8 Å². The molecule has 3 heterocycles. The summed E-state index contributed by atoms with van der Waals surface area (Å²) in [5.74, 6) is -0.414. The number of nitrogens with zero attached hydrogens (tertiary/aromatic N) is 3. The maximum absolute atomic E-state index is 13.0. The van der Waals surface area contributed by atoms with Crippen LogP contribution >= 0.6 is 0 Å². The average Bonchev–Trinajstić information content (AvgIpc) is 3.27. The highest BCUT2D eigenvalue weighted by Gasteiger charge is 2.29. The largest absolute Gasteiger partial charge is 0.337 e. The maximum atomic E-state index is 13.0. The van der Waals surface area contributed by atoms with E-state index in [1.54, 1.807) is 23.4 Å². The highest BCUT2D eigenvalue weighted by atomic mass is 16.2. The van der Waals surface area contributed by atoms with E-state index >= 15 is 0 Å². The molecule has 1 aromatic carbocycles. The summed E-state index contributed by atoms with van der Waals surface area (Å²) in [5, 5.41) is 10.1. The summed E-state index contributed by atoms with van der Waals surface area (Å²) in [6.45, 7) is 5.10. The van der Waals surface area contributed by atoms with Crippen molar-refractivity contribution in [2.45, 2.75) is 26.7 Å². The average molecular weight is 403 g/mol. The zero-order valence-corrected chi connectivity index (χ0v) is 17.2. The number of rotatable bonds is 4. The molecule has 1 aliphatic heterocycles. The third-order valence-corrected chi connectivity index (χ3v) is 5.62. The summed E-state index contributed by atoms with van der Waals surface area (Å²) < 4.78 is 0. The standard InChI is InChI=1S/C23H25N5O2/c1-15-7-8-19(11-16(15)2)25-22(29)18-6-4-10-28(14-18)23(30)21-12-20(26-27-21)17-5-3-9-24-13-17/h3,5,7-9,11-13,18H,4,6,10,14H2,1-2H3,(H,25,29)(H,26,27)/t18-/m1/s1. The van der Waals surface area contributed by atoms with E-state index in [1.807, 2.05) is 44.2 Å². The van der Waals surface area contributed by atoms with Crippen LogP contribution in [0.25, 0.3) is 11.3 Å². The molecule has 154 valence electrons. The molecule has 1 saturated heterocycles. The first kappa shape index (κ1) is 19.8. The number of hydrogen-bond donors (Lipinski definition) is 2. The van der Waals surface area contributed by atoms with Gasteiger partial charge < -0.3 is 10.2 Å². The van der Waals surface area contributed by atoms with Crippen LogP contribution in [0.3, 0.4) is 0 Å². The first-order valence-electron chi connectivity index (χ1n) is 10.1. The Kier molecular flexibility index (Phi) is 5.61. The Bertz CT molecular complexity index is 1060. The van der Waals surface area contributed by atoms with Crippen LogP contribution in [0.4, 0.5) is 5.69 Å². The minimum atomic E-state index is -0.231. The fraction of sp³-hybridized carbons (Fsp3) is 0.304. The van der Waals surface area contributed by atoms with Gasteiger partial charge in [-0.3, -0.25) is 19.7 Å². The first-order chi connectivity index (χ1) is 14.5. The number of amides is 2. The minimum Gasteiger partial charge on any atom is -0.337 e. The van der Waals surface area contributed by atoms with Crippen LogP contribution in [0.2, 0.25) is 0 Å². The molecule has 0 saturated carbocycles. The number of aromatic nitrogens is 3. The molecule has 3 aromatic rings. The molecule has 2 aromatic heterocycles. The summed E-state index contributed by atoms with van der Waals surface area (Å²) >= 11 is 0. The molecule has 1 fully saturated rings. The van der Waals surface area contributed by atoms with Gasteiger partial charge in [0.2, 0.25) is 5.91 Å². The van der Waals surface area contributed by atoms with Crippen LogP contribution in [0.1, 0.15) is 34.5 Å². The van der Waals surface area contributed by atoms with Gasteiger partial charge in [-0.15, -0.1) is 0 Å². The van der Waals surface area contributed by atoms with Crippen molar-refractivity contribution in [1.29, 1.82) is 0 Å². The van der Waals surface area contributed by atoms with E-state index in [4.69, 9.17) is 0 Å². The Hall–Kier alpha value is -3.48. The van der Waals surface area contributed by atoms with Gasteiger partial charge in [-0.25, -0.2) is 0 Å². The van der Waals surface area contributed by atoms with Crippen LogP contribution in [0.5, 0.6) is 0 Å². The molecule has 4 rings (SSSR count). The van der Waals surface area contributed by atoms with Crippen LogP contribution in [-0.2, 0) is 4.79 Å². The van der Waals surface area contributed by atoms with Crippen LogP contribution in [0.15, 0.2) is 48.8 Å². The van der Waals surface area contributed by atoms with Gasteiger partial charge in [-0.2, -0.15) is 5.10 Å². The molecule has 0 bridgehead atoms. The number of benzene rings is 1. The number of anilines is 1. The lowest BCUT2D eigenvalue weighted by Crippen LogP contribution is -2.43. The molecule has 0 radical (unpaired) electrons. The third kappa shape index (κ3) is 4.25. The highest BCUT2D eigenvalue weighted by molar-refractivity contribution is 5.96. The van der Waals surface area contributed by atoms with E-state index in [0.29, 0.717) is 24.5 Å². The lowest BCUT2D eigenvalue weighted by molar-refractivity contribution is -0.121. The molecule has 7 heteroatoms. The van der Waals surface area contributed by atoms with Gasteiger partial charge in [0, 0.05) is 36.7 Å². The second kappa shape index (κ2) is 8.49. The van der Waals surface area contributed by atoms with Crippen molar-refractivity contribution in [3.8, 4) is 11.3 Å². The maximum Gasteiger partial charge on any atom is 0.271 e. The molecule has 1 atom stereocenters. The molecule has 7 nitrogen and oxygen atoms in total.